The first-order valence-electron chi connectivity index (χ1n) is 11.2. The van der Waals surface area contributed by atoms with Crippen LogP contribution in [-0.4, -0.2) is 22.2 Å². The number of nitrogens with one attached hydrogen (secondary N) is 3. The van der Waals surface area contributed by atoms with E-state index < -0.39 is 0 Å². The second kappa shape index (κ2) is 9.50. The molecule has 33 heavy (non-hydrogen) atoms. The number of ether oxygens (including phenoxy) is 1. The summed E-state index contributed by atoms with van der Waals surface area (Å²) in [4.78, 5) is 12.8. The lowest BCUT2D eigenvalue weighted by Crippen LogP contribution is -2.22. The summed E-state index contributed by atoms with van der Waals surface area (Å²) in [5.41, 5.74) is 13.0. The lowest BCUT2D eigenvalue weighted by atomic mass is 10.00. The Labute approximate surface area is 194 Å². The Morgan fingerprint density at radius 3 is 2.82 bits per heavy atom. The van der Waals surface area contributed by atoms with Gasteiger partial charge in [0.05, 0.1) is 17.5 Å². The maximum Gasteiger partial charge on any atom is 0.255 e. The zero-order valence-electron chi connectivity index (χ0n) is 19.4. The van der Waals surface area contributed by atoms with Crippen molar-refractivity contribution in [2.45, 2.75) is 52.3 Å². The van der Waals surface area contributed by atoms with E-state index in [1.165, 1.54) is 11.1 Å². The lowest BCUT2D eigenvalue weighted by molar-refractivity contribution is 0.0974. The molecule has 0 spiro atoms. The first-order valence-corrected chi connectivity index (χ1v) is 11.2. The number of benzene rings is 2. The number of rotatable bonds is 8. The zero-order valence-corrected chi connectivity index (χ0v) is 19.4. The average Bonchev–Trinajstić information content (AvgIpc) is 3.38. The summed E-state index contributed by atoms with van der Waals surface area (Å²) < 4.78 is 5.65. The van der Waals surface area contributed by atoms with Gasteiger partial charge in [0.1, 0.15) is 5.75 Å². The van der Waals surface area contributed by atoms with E-state index in [2.05, 4.69) is 33.5 Å². The van der Waals surface area contributed by atoms with Crippen molar-refractivity contribution in [3.63, 3.8) is 0 Å². The van der Waals surface area contributed by atoms with Crippen molar-refractivity contribution in [2.24, 2.45) is 0 Å². The number of hydrogen-bond acceptors (Lipinski definition) is 5. The van der Waals surface area contributed by atoms with Crippen molar-refractivity contribution in [2.75, 3.05) is 5.73 Å². The fourth-order valence-corrected chi connectivity index (χ4v) is 4.27. The van der Waals surface area contributed by atoms with E-state index >= 15 is 0 Å². The highest BCUT2D eigenvalue weighted by atomic mass is 16.5. The van der Waals surface area contributed by atoms with Crippen molar-refractivity contribution < 1.29 is 9.53 Å². The summed E-state index contributed by atoms with van der Waals surface area (Å²) >= 11 is 0. The van der Waals surface area contributed by atoms with Gasteiger partial charge in [0.15, 0.2) is 0 Å². The number of carbonyl (C=O) groups excluding carboxylic acids is 1. The highest BCUT2D eigenvalue weighted by molar-refractivity contribution is 6.00. The number of aromatic amines is 1. The van der Waals surface area contributed by atoms with E-state index in [0.29, 0.717) is 29.2 Å². The highest BCUT2D eigenvalue weighted by Crippen LogP contribution is 2.35. The molecule has 0 unspecified atom stereocenters. The molecule has 1 heterocycles. The van der Waals surface area contributed by atoms with Gasteiger partial charge in [-0.3, -0.25) is 9.89 Å². The number of H-pyrrole nitrogens is 1. The third kappa shape index (κ3) is 5.09. The molecule has 7 nitrogen and oxygen atoms in total. The number of hydrogen-bond donors (Lipinski definition) is 4. The predicted molar refractivity (Wildman–Crippen MR) is 131 cm³/mol. The highest BCUT2D eigenvalue weighted by Gasteiger charge is 2.25. The molecule has 5 N–H and O–H groups in total. The number of fused-ring (bicyclic) bond motifs is 1. The number of nitrogens with two attached hydrogens (primary N) is 1. The fraction of sp³-hybridized carbons (Fsp3) is 0.308. The van der Waals surface area contributed by atoms with Gasteiger partial charge in [0.25, 0.3) is 5.91 Å². The molecule has 0 fully saturated rings. The van der Waals surface area contributed by atoms with Crippen molar-refractivity contribution in [3.05, 3.63) is 82.7 Å². The van der Waals surface area contributed by atoms with Crippen LogP contribution in [0.4, 0.5) is 5.69 Å². The van der Waals surface area contributed by atoms with E-state index in [0.717, 1.165) is 29.8 Å². The molecule has 1 aromatic heterocycles. The van der Waals surface area contributed by atoms with Crippen LogP contribution in [0.3, 0.4) is 0 Å². The minimum atomic E-state index is -0.248. The Bertz CT molecular complexity index is 1180. The average molecular weight is 446 g/mol. The van der Waals surface area contributed by atoms with Gasteiger partial charge in [0, 0.05) is 35.1 Å². The minimum absolute atomic E-state index is 0.00801. The molecule has 3 aromatic rings. The number of aryl methyl sites for hydroxylation is 1. The van der Waals surface area contributed by atoms with Crippen LogP contribution in [0.15, 0.2) is 49.0 Å². The van der Waals surface area contributed by atoms with Crippen LogP contribution < -0.4 is 21.1 Å². The van der Waals surface area contributed by atoms with Gasteiger partial charge < -0.3 is 21.1 Å². The molecule has 1 amide bonds. The van der Waals surface area contributed by atoms with Gasteiger partial charge in [-0.1, -0.05) is 24.8 Å². The van der Waals surface area contributed by atoms with Crippen LogP contribution in [0, 0.1) is 6.92 Å². The second-order valence-electron chi connectivity index (χ2n) is 8.74. The third-order valence-corrected chi connectivity index (χ3v) is 5.78. The largest absolute Gasteiger partial charge is 0.489 e. The third-order valence-electron chi connectivity index (χ3n) is 5.78. The van der Waals surface area contributed by atoms with Crippen LogP contribution in [-0.2, 0) is 13.0 Å². The van der Waals surface area contributed by atoms with Crippen LogP contribution in [0.1, 0.15) is 64.7 Å². The Morgan fingerprint density at radius 1 is 1.30 bits per heavy atom. The summed E-state index contributed by atoms with van der Waals surface area (Å²) in [7, 11) is 0. The number of amides is 1. The number of carbonyl (C=O) groups is 1. The van der Waals surface area contributed by atoms with E-state index in [1.807, 2.05) is 39.0 Å². The minimum Gasteiger partial charge on any atom is -0.489 e. The summed E-state index contributed by atoms with van der Waals surface area (Å²) in [6, 6.07) is 13.5. The molecule has 1 atom stereocenters. The quantitative estimate of drug-likeness (QED) is 0.388. The van der Waals surface area contributed by atoms with E-state index in [1.54, 1.807) is 18.2 Å². The van der Waals surface area contributed by atoms with Gasteiger partial charge in [-0.15, -0.1) is 0 Å². The number of anilines is 1. The van der Waals surface area contributed by atoms with Crippen LogP contribution >= 0.6 is 0 Å². The van der Waals surface area contributed by atoms with Crippen molar-refractivity contribution in [1.82, 2.24) is 20.8 Å². The maximum absolute atomic E-state index is 12.8. The Kier molecular flexibility index (Phi) is 6.51. The van der Waals surface area contributed by atoms with Crippen molar-refractivity contribution in [3.8, 4) is 5.75 Å². The molecule has 7 heteroatoms. The Hall–Kier alpha value is -3.58. The van der Waals surface area contributed by atoms with Gasteiger partial charge in [0.2, 0.25) is 0 Å². The molecule has 0 bridgehead atoms. The summed E-state index contributed by atoms with van der Waals surface area (Å²) in [5.74, 6) is 0.326. The molecule has 1 aliphatic rings. The monoisotopic (exact) mass is 445 g/mol. The molecular weight excluding hydrogens is 414 g/mol. The van der Waals surface area contributed by atoms with Crippen LogP contribution in [0.25, 0.3) is 5.70 Å². The van der Waals surface area contributed by atoms with E-state index in [9.17, 15) is 4.79 Å². The summed E-state index contributed by atoms with van der Waals surface area (Å²) in [5, 5.41) is 13.8. The zero-order chi connectivity index (χ0) is 23.5. The van der Waals surface area contributed by atoms with Gasteiger partial charge in [-0.25, -0.2) is 0 Å². The smallest absolute Gasteiger partial charge is 0.255 e. The second-order valence-corrected chi connectivity index (χ2v) is 8.74. The van der Waals surface area contributed by atoms with Gasteiger partial charge in [-0.05, 0) is 69.0 Å². The van der Waals surface area contributed by atoms with E-state index in [-0.39, 0.29) is 18.1 Å². The molecular formula is C26H31N5O2. The number of aromatic nitrogens is 2. The molecule has 0 radical (unpaired) electrons. The van der Waals surface area contributed by atoms with Gasteiger partial charge in [-0.2, -0.15) is 5.10 Å². The molecule has 0 saturated heterocycles. The molecule has 4 rings (SSSR count). The van der Waals surface area contributed by atoms with Gasteiger partial charge >= 0.3 is 0 Å². The predicted octanol–water partition coefficient (Wildman–Crippen LogP) is 4.27. The normalized spacial score (nSPS) is 14.8. The molecule has 172 valence electrons. The summed E-state index contributed by atoms with van der Waals surface area (Å²) in [6.07, 6.45) is 1.92. The fourth-order valence-electron chi connectivity index (χ4n) is 4.27. The van der Waals surface area contributed by atoms with Crippen molar-refractivity contribution in [1.29, 1.82) is 0 Å². The number of nitrogens with zero attached hydrogens (tertiary/aromatic N) is 1. The standard InChI is InChI=1S/C26H31N5O2/c1-15(2)33-25-11-8-18(13-23(25)27)26(32)29-17(4)20-6-5-7-22-21(20)9-10-24(22)28-14-19-12-16(3)30-31-19/h5-8,11-13,15,24,28H,4,9-10,14,27H2,1-3H3,(H,29,32)(H,30,31)/t24-/m0/s1. The summed E-state index contributed by atoms with van der Waals surface area (Å²) in [6.45, 7) is 10.7. The Morgan fingerprint density at radius 2 is 2.12 bits per heavy atom. The lowest BCUT2D eigenvalue weighted by Gasteiger charge is -2.16. The maximum atomic E-state index is 12.8. The topological polar surface area (TPSA) is 105 Å². The Balaban J connectivity index is 1.44. The van der Waals surface area contributed by atoms with E-state index in [4.69, 9.17) is 10.5 Å². The first-order chi connectivity index (χ1) is 15.8. The molecule has 0 saturated carbocycles. The molecule has 1 aliphatic carbocycles. The van der Waals surface area contributed by atoms with Crippen molar-refractivity contribution >= 4 is 17.3 Å². The number of nitrogen functional groups attached to an aromatic ring is 1. The van der Waals surface area contributed by atoms with Crippen LogP contribution in [0.2, 0.25) is 0 Å². The first kappa shape index (κ1) is 22.6. The van der Waals surface area contributed by atoms with Crippen LogP contribution in [0.5, 0.6) is 5.75 Å². The molecule has 2 aromatic carbocycles. The SMILES string of the molecule is C=C(NC(=O)c1ccc(OC(C)C)c(N)c1)c1cccc2c1CC[C@@H]2NCc1cc(C)[nH]n1. The molecule has 0 aliphatic heterocycles.